The van der Waals surface area contributed by atoms with E-state index >= 15 is 0 Å². The van der Waals surface area contributed by atoms with Crippen LogP contribution in [0.3, 0.4) is 0 Å². The molecule has 0 aromatic carbocycles. The van der Waals surface area contributed by atoms with Gasteiger partial charge in [-0.25, -0.2) is 33.9 Å². The molecule has 2 aromatic rings. The van der Waals surface area contributed by atoms with Gasteiger partial charge in [-0.3, -0.25) is 4.79 Å². The number of carbonyl (C=O) groups is 6. The summed E-state index contributed by atoms with van der Waals surface area (Å²) >= 11 is 9.64. The van der Waals surface area contributed by atoms with Gasteiger partial charge in [-0.1, -0.05) is 54.8 Å². The second kappa shape index (κ2) is 35.3. The van der Waals surface area contributed by atoms with Gasteiger partial charge in [0, 0.05) is 35.4 Å². The number of carboxylic acids is 1. The number of hydrogen-bond donors (Lipinski definition) is 5. The van der Waals surface area contributed by atoms with Crippen molar-refractivity contribution in [2.45, 2.75) is 202 Å². The molecule has 5 N–H and O–H groups in total. The zero-order valence-electron chi connectivity index (χ0n) is 45.9. The summed E-state index contributed by atoms with van der Waals surface area (Å²) in [6, 6.07) is -1.68. The topological polar surface area (TPSA) is 250 Å². The number of amides is 2. The molecule has 2 heterocycles. The molecule has 2 amide bonds. The van der Waals surface area contributed by atoms with E-state index in [4.69, 9.17) is 18.9 Å². The highest BCUT2D eigenvalue weighted by atomic mass is 79.9. The molecule has 76 heavy (non-hydrogen) atoms. The number of ether oxygens (including phenoxy) is 4. The fraction of sp³-hybridized carbons (Fsp3) is 0.564. The Morgan fingerprint density at radius 1 is 0.658 bits per heavy atom. The maximum absolute atomic E-state index is 12.2. The van der Waals surface area contributed by atoms with Crippen LogP contribution in [0.5, 0.6) is 0 Å². The van der Waals surface area contributed by atoms with Crippen molar-refractivity contribution < 1.29 is 63.0 Å². The molecule has 0 fully saturated rings. The molecular formula is C55H76Br2N4O13S2. The van der Waals surface area contributed by atoms with E-state index in [0.29, 0.717) is 57.8 Å². The number of aromatic nitrogens is 2. The number of nitrogens with one attached hydrogen (secondary N) is 2. The second-order valence-electron chi connectivity index (χ2n) is 20.0. The van der Waals surface area contributed by atoms with Crippen LogP contribution in [0.25, 0.3) is 0 Å². The first-order chi connectivity index (χ1) is 35.3. The molecule has 21 heteroatoms. The summed E-state index contributed by atoms with van der Waals surface area (Å²) in [6.45, 7) is 22.6. The molecular weight excluding hydrogens is 1150 g/mol. The molecule has 0 radical (unpaired) electrons. The van der Waals surface area contributed by atoms with Crippen molar-refractivity contribution in [2.75, 3.05) is 0 Å². The molecule has 0 aliphatic rings. The lowest BCUT2D eigenvalue weighted by Gasteiger charge is -2.22. The van der Waals surface area contributed by atoms with Crippen LogP contribution in [0.15, 0.2) is 55.2 Å². The number of aryl methyl sites for hydroxylation is 2. The van der Waals surface area contributed by atoms with Crippen molar-refractivity contribution in [1.82, 2.24) is 20.6 Å². The zero-order chi connectivity index (χ0) is 57.8. The predicted octanol–water partition coefficient (Wildman–Crippen LogP) is 10.3. The maximum atomic E-state index is 12.2. The number of rotatable bonds is 24. The van der Waals surface area contributed by atoms with E-state index in [9.17, 15) is 44.1 Å². The number of carboxylic acid groups (broad SMARTS) is 1. The Morgan fingerprint density at radius 2 is 1.03 bits per heavy atom. The quantitative estimate of drug-likeness (QED) is 0.0284. The Balaban J connectivity index is 0.000000760. The fourth-order valence-electron chi connectivity index (χ4n) is 6.57. The lowest BCUT2D eigenvalue weighted by Crippen LogP contribution is -2.43. The Labute approximate surface area is 473 Å². The van der Waals surface area contributed by atoms with E-state index in [2.05, 4.69) is 76.1 Å². The van der Waals surface area contributed by atoms with Gasteiger partial charge in [0.25, 0.3) is 0 Å². The lowest BCUT2D eigenvalue weighted by atomic mass is 10.1. The number of alkyl carbamates (subject to hydrolysis) is 2. The van der Waals surface area contributed by atoms with E-state index in [0.717, 1.165) is 41.5 Å². The minimum absolute atomic E-state index is 0.131. The van der Waals surface area contributed by atoms with Crippen molar-refractivity contribution in [3.8, 4) is 23.7 Å². The van der Waals surface area contributed by atoms with Gasteiger partial charge in [0.1, 0.15) is 29.5 Å². The molecule has 0 aliphatic carbocycles. The van der Waals surface area contributed by atoms with Crippen LogP contribution in [0.1, 0.15) is 150 Å². The van der Waals surface area contributed by atoms with Crippen molar-refractivity contribution in [1.29, 1.82) is 0 Å². The number of aliphatic carboxylic acids is 1. The molecule has 17 nitrogen and oxygen atoms in total. The summed E-state index contributed by atoms with van der Waals surface area (Å²) in [5.41, 5.74) is 2.03. The average molecular weight is 1230 g/mol. The molecule has 0 unspecified atom stereocenters. The summed E-state index contributed by atoms with van der Waals surface area (Å²) in [4.78, 5) is 81.1. The number of halogens is 2. The number of allylic oxidation sites excluding steroid dienone is 4. The number of esters is 2. The van der Waals surface area contributed by atoms with Gasteiger partial charge in [-0.2, -0.15) is 0 Å². The third kappa shape index (κ3) is 35.2. The molecule has 0 saturated carbocycles. The van der Waals surface area contributed by atoms with E-state index in [-0.39, 0.29) is 12.2 Å². The highest BCUT2D eigenvalue weighted by Crippen LogP contribution is 2.21. The first-order valence-electron chi connectivity index (χ1n) is 24.7. The summed E-state index contributed by atoms with van der Waals surface area (Å²) in [5.74, 6) is 7.65. The van der Waals surface area contributed by atoms with Crippen molar-refractivity contribution in [2.24, 2.45) is 0 Å². The molecule has 0 spiro atoms. The van der Waals surface area contributed by atoms with Gasteiger partial charge in [-0.15, -0.1) is 22.7 Å². The summed E-state index contributed by atoms with van der Waals surface area (Å²) < 4.78 is 23.0. The van der Waals surface area contributed by atoms with E-state index < -0.39 is 77.8 Å². The smallest absolute Gasteiger partial charge is 0.408 e. The van der Waals surface area contributed by atoms with Gasteiger partial charge in [-0.05, 0) is 175 Å². The number of hydrogen-bond acceptors (Lipinski definition) is 16. The van der Waals surface area contributed by atoms with Gasteiger partial charge < -0.3 is 44.9 Å². The average Bonchev–Trinajstić information content (AvgIpc) is 3.89. The lowest BCUT2D eigenvalue weighted by molar-refractivity contribution is -0.140. The monoisotopic (exact) mass is 1220 g/mol. The summed E-state index contributed by atoms with van der Waals surface area (Å²) in [6.07, 6.45) is 7.99. The molecule has 6 atom stereocenters. The van der Waals surface area contributed by atoms with Crippen LogP contribution >= 0.6 is 54.5 Å². The Morgan fingerprint density at radius 3 is 1.36 bits per heavy atom. The summed E-state index contributed by atoms with van der Waals surface area (Å²) in [5, 5.41) is 38.6. The van der Waals surface area contributed by atoms with Crippen LogP contribution < -0.4 is 10.6 Å². The van der Waals surface area contributed by atoms with Gasteiger partial charge in [0.15, 0.2) is 5.78 Å². The van der Waals surface area contributed by atoms with E-state index in [1.54, 1.807) is 79.7 Å². The Bertz CT molecular complexity index is 2310. The van der Waals surface area contributed by atoms with E-state index in [1.807, 2.05) is 38.5 Å². The first-order valence-corrected chi connectivity index (χ1v) is 28.0. The third-order valence-corrected chi connectivity index (χ3v) is 11.9. The number of carbonyl (C=O) groups excluding carboxylic acids is 5. The molecule has 2 rings (SSSR count). The van der Waals surface area contributed by atoms with Crippen LogP contribution in [-0.4, -0.2) is 109 Å². The summed E-state index contributed by atoms with van der Waals surface area (Å²) in [7, 11) is 0. The fourth-order valence-corrected chi connectivity index (χ4v) is 8.91. The van der Waals surface area contributed by atoms with Crippen molar-refractivity contribution in [3.63, 3.8) is 0 Å². The SMILES string of the molecule is C/C(Br)=C\[C@H](Cc1nc(CCC[C@@H](NC(=O)OC(C)(C)C)C(=O)O)cs1)OC(=O)C#C/C=C(\C)C[C@H](C)O.CC(=O)[C@@H](CCCc1csc(C[C@@H](/C=C(\C)Br)OC(=O)C#C/C=C(\C)C[C@H](C)O)n1)NC(=O)OC(C)(C)C. The van der Waals surface area contributed by atoms with Crippen molar-refractivity contribution in [3.05, 3.63) is 76.6 Å². The minimum atomic E-state index is -1.13. The normalized spacial score (nSPS) is 14.5. The van der Waals surface area contributed by atoms with Crippen LogP contribution in [-0.2, 0) is 63.8 Å². The van der Waals surface area contributed by atoms with Gasteiger partial charge in [0.2, 0.25) is 0 Å². The molecule has 2 aromatic heterocycles. The maximum Gasteiger partial charge on any atom is 0.408 e. The molecule has 0 aliphatic heterocycles. The van der Waals surface area contributed by atoms with Crippen LogP contribution in [0.2, 0.25) is 0 Å². The number of thiazole rings is 2. The number of aliphatic hydroxyl groups is 2. The standard InChI is InChI=1S/C28H39BrN2O6S.C27H37BrN2O7S/c1-18(14-20(3)32)10-8-13-26(34)36-23(15-19(2)29)16-25-30-22(17-38-25)11-9-12-24(21(4)33)31-27(35)37-28(5,6)7;1-17(13-19(3)31)9-7-12-24(32)36-21(14-18(2)28)15-23-29-20(16-38-23)10-8-11-22(25(33)34)30-26(35)37-27(4,5)6/h10,15,17,20,23-24,32H,9,11-12,14,16H2,1-7H3,(H,31,35);9,14,16,19,21-22,31H,8,10-11,13,15H2,1-6H3,(H,30,35)(H,33,34)/b18-10+,19-15+;17-9+,18-14+/t20-,23+,24+;19-,21+,22+/m00/s1. The minimum Gasteiger partial charge on any atom is -0.480 e. The number of ketones is 1. The van der Waals surface area contributed by atoms with Crippen LogP contribution in [0, 0.1) is 23.7 Å². The predicted molar refractivity (Wildman–Crippen MR) is 303 cm³/mol. The second-order valence-corrected chi connectivity index (χ2v) is 24.4. The highest BCUT2D eigenvalue weighted by molar-refractivity contribution is 9.12. The van der Waals surface area contributed by atoms with Crippen molar-refractivity contribution >= 4 is 90.4 Å². The number of Topliss-reactive ketones (excluding diaryl/α,β-unsaturated/α-hetero) is 1. The largest absolute Gasteiger partial charge is 0.480 e. The molecule has 420 valence electrons. The number of nitrogens with zero attached hydrogens (tertiary/aromatic N) is 2. The highest BCUT2D eigenvalue weighted by Gasteiger charge is 2.25. The van der Waals surface area contributed by atoms with Gasteiger partial charge >= 0.3 is 30.1 Å². The number of aliphatic hydroxyl groups excluding tert-OH is 2. The Hall–Kier alpha value is -5.16. The zero-order valence-corrected chi connectivity index (χ0v) is 50.7. The van der Waals surface area contributed by atoms with E-state index in [1.165, 1.54) is 29.6 Å². The first kappa shape index (κ1) is 68.9. The molecule has 0 bridgehead atoms. The van der Waals surface area contributed by atoms with Crippen LogP contribution in [0.4, 0.5) is 9.59 Å². The Kier molecular flexibility index (Phi) is 32.0. The molecule has 0 saturated heterocycles. The third-order valence-electron chi connectivity index (χ3n) is 9.54. The van der Waals surface area contributed by atoms with Gasteiger partial charge in [0.05, 0.1) is 39.7 Å².